The summed E-state index contributed by atoms with van der Waals surface area (Å²) in [5, 5.41) is 4.38. The molecule has 4 rings (SSSR count). The number of carbonyl (C=O) groups is 1. The summed E-state index contributed by atoms with van der Waals surface area (Å²) in [5.41, 5.74) is 3.69. The van der Waals surface area contributed by atoms with Crippen LogP contribution in [0.15, 0.2) is 54.7 Å². The molecule has 1 aromatic heterocycles. The van der Waals surface area contributed by atoms with E-state index in [9.17, 15) is 4.79 Å². The largest absolute Gasteiger partial charge is 0.497 e. The number of amides is 1. The fourth-order valence-corrected chi connectivity index (χ4v) is 4.45. The summed E-state index contributed by atoms with van der Waals surface area (Å²) in [4.78, 5) is 18.2. The Morgan fingerprint density at radius 2 is 1.97 bits per heavy atom. The van der Waals surface area contributed by atoms with Crippen molar-refractivity contribution < 1.29 is 9.53 Å². The molecule has 1 fully saturated rings. The van der Waals surface area contributed by atoms with Crippen molar-refractivity contribution in [3.05, 3.63) is 65.9 Å². The van der Waals surface area contributed by atoms with Gasteiger partial charge in [0.15, 0.2) is 0 Å². The molecule has 2 heterocycles. The van der Waals surface area contributed by atoms with Crippen LogP contribution in [-0.2, 0) is 4.79 Å². The molecule has 1 unspecified atom stereocenters. The van der Waals surface area contributed by atoms with Gasteiger partial charge in [-0.05, 0) is 68.1 Å². The van der Waals surface area contributed by atoms with Crippen LogP contribution in [0.3, 0.4) is 0 Å². The van der Waals surface area contributed by atoms with Gasteiger partial charge in [-0.15, -0.1) is 0 Å². The van der Waals surface area contributed by atoms with Gasteiger partial charge in [0.05, 0.1) is 13.2 Å². The van der Waals surface area contributed by atoms with Gasteiger partial charge in [0.25, 0.3) is 0 Å². The number of hydrogen-bond donors (Lipinski definition) is 2. The third kappa shape index (κ3) is 4.68. The Morgan fingerprint density at radius 1 is 1.20 bits per heavy atom. The maximum Gasteiger partial charge on any atom is 0.221 e. The van der Waals surface area contributed by atoms with Crippen LogP contribution in [0.1, 0.15) is 49.3 Å². The highest BCUT2D eigenvalue weighted by Crippen LogP contribution is 2.34. The lowest BCUT2D eigenvalue weighted by Crippen LogP contribution is -2.36. The minimum atomic E-state index is 0.0447. The zero-order valence-corrected chi connectivity index (χ0v) is 17.9. The first-order chi connectivity index (χ1) is 14.6. The highest BCUT2D eigenvalue weighted by atomic mass is 16.5. The molecular formula is C25H31N3O2. The van der Waals surface area contributed by atoms with Gasteiger partial charge in [0.1, 0.15) is 5.75 Å². The SMILES string of the molecule is COc1ccc2[nH]cc(C3CCN(CCC(=O)NC(C)c4ccccc4)CC3)c2c1. The van der Waals surface area contributed by atoms with Crippen LogP contribution in [-0.4, -0.2) is 42.5 Å². The Hall–Kier alpha value is -2.79. The summed E-state index contributed by atoms with van der Waals surface area (Å²) in [7, 11) is 1.71. The van der Waals surface area contributed by atoms with Crippen molar-refractivity contribution in [1.82, 2.24) is 15.2 Å². The van der Waals surface area contributed by atoms with Gasteiger partial charge in [0.2, 0.25) is 5.91 Å². The average Bonchev–Trinajstić information content (AvgIpc) is 3.21. The van der Waals surface area contributed by atoms with Crippen LogP contribution in [0.4, 0.5) is 0 Å². The second-order valence-electron chi connectivity index (χ2n) is 8.22. The molecule has 0 spiro atoms. The van der Waals surface area contributed by atoms with E-state index in [0.717, 1.165) is 49.3 Å². The molecule has 1 saturated heterocycles. The van der Waals surface area contributed by atoms with Crippen LogP contribution in [0.5, 0.6) is 5.75 Å². The van der Waals surface area contributed by atoms with E-state index in [0.29, 0.717) is 12.3 Å². The number of likely N-dealkylation sites (tertiary alicyclic amines) is 1. The van der Waals surface area contributed by atoms with Gasteiger partial charge in [-0.2, -0.15) is 0 Å². The molecule has 1 aliphatic heterocycles. The maximum absolute atomic E-state index is 12.4. The fourth-order valence-electron chi connectivity index (χ4n) is 4.45. The maximum atomic E-state index is 12.4. The number of ether oxygens (including phenoxy) is 1. The molecule has 5 nitrogen and oxygen atoms in total. The summed E-state index contributed by atoms with van der Waals surface area (Å²) < 4.78 is 5.40. The van der Waals surface area contributed by atoms with Crippen molar-refractivity contribution in [2.24, 2.45) is 0 Å². The first-order valence-corrected chi connectivity index (χ1v) is 10.9. The van der Waals surface area contributed by atoms with E-state index in [1.807, 2.05) is 31.2 Å². The molecule has 2 aromatic carbocycles. The average molecular weight is 406 g/mol. The number of aromatic amines is 1. The quantitative estimate of drug-likeness (QED) is 0.603. The van der Waals surface area contributed by atoms with Crippen LogP contribution in [0.2, 0.25) is 0 Å². The summed E-state index contributed by atoms with van der Waals surface area (Å²) in [6.07, 6.45) is 4.94. The Bertz CT molecular complexity index is 974. The molecule has 0 aliphatic carbocycles. The van der Waals surface area contributed by atoms with Crippen LogP contribution < -0.4 is 10.1 Å². The molecule has 30 heavy (non-hydrogen) atoms. The van der Waals surface area contributed by atoms with Crippen molar-refractivity contribution >= 4 is 16.8 Å². The highest BCUT2D eigenvalue weighted by molar-refractivity contribution is 5.85. The molecule has 5 heteroatoms. The fraction of sp³-hybridized carbons (Fsp3) is 0.400. The summed E-state index contributed by atoms with van der Waals surface area (Å²) >= 11 is 0. The molecule has 0 radical (unpaired) electrons. The van der Waals surface area contributed by atoms with E-state index < -0.39 is 0 Å². The Morgan fingerprint density at radius 3 is 2.70 bits per heavy atom. The number of fused-ring (bicyclic) bond motifs is 1. The molecule has 0 saturated carbocycles. The van der Waals surface area contributed by atoms with E-state index in [1.165, 1.54) is 10.9 Å². The highest BCUT2D eigenvalue weighted by Gasteiger charge is 2.23. The number of carbonyl (C=O) groups excluding carboxylic acids is 1. The third-order valence-electron chi connectivity index (χ3n) is 6.28. The lowest BCUT2D eigenvalue weighted by Gasteiger charge is -2.31. The van der Waals surface area contributed by atoms with Gasteiger partial charge in [-0.25, -0.2) is 0 Å². The summed E-state index contributed by atoms with van der Waals surface area (Å²) in [6.45, 7) is 4.92. The number of benzene rings is 2. The monoisotopic (exact) mass is 405 g/mol. The Labute approximate surface area is 178 Å². The molecule has 1 atom stereocenters. The zero-order chi connectivity index (χ0) is 20.9. The van der Waals surface area contributed by atoms with Crippen molar-refractivity contribution in [1.29, 1.82) is 0 Å². The van der Waals surface area contributed by atoms with Crippen LogP contribution >= 0.6 is 0 Å². The first-order valence-electron chi connectivity index (χ1n) is 10.9. The van der Waals surface area contributed by atoms with Gasteiger partial charge >= 0.3 is 0 Å². The number of aromatic nitrogens is 1. The summed E-state index contributed by atoms with van der Waals surface area (Å²) in [5.74, 6) is 1.57. The molecule has 3 aromatic rings. The Kier molecular flexibility index (Phi) is 6.38. The van der Waals surface area contributed by atoms with E-state index in [4.69, 9.17) is 4.74 Å². The zero-order valence-electron chi connectivity index (χ0n) is 17.9. The minimum Gasteiger partial charge on any atom is -0.497 e. The molecular weight excluding hydrogens is 374 g/mol. The van der Waals surface area contributed by atoms with E-state index in [-0.39, 0.29) is 11.9 Å². The first kappa shape index (κ1) is 20.5. The Balaban J connectivity index is 1.26. The smallest absolute Gasteiger partial charge is 0.221 e. The number of nitrogens with zero attached hydrogens (tertiary/aromatic N) is 1. The number of piperidine rings is 1. The number of methoxy groups -OCH3 is 1. The predicted molar refractivity (Wildman–Crippen MR) is 121 cm³/mol. The van der Waals surface area contributed by atoms with E-state index >= 15 is 0 Å². The third-order valence-corrected chi connectivity index (χ3v) is 6.28. The molecule has 2 N–H and O–H groups in total. The van der Waals surface area contributed by atoms with Crippen molar-refractivity contribution in [2.45, 2.75) is 38.1 Å². The number of nitrogens with one attached hydrogen (secondary N) is 2. The number of H-pyrrole nitrogens is 1. The molecule has 158 valence electrons. The molecule has 0 bridgehead atoms. The van der Waals surface area contributed by atoms with Crippen LogP contribution in [0.25, 0.3) is 10.9 Å². The van der Waals surface area contributed by atoms with E-state index in [1.54, 1.807) is 7.11 Å². The standard InChI is InChI=1S/C25H31N3O2/c1-18(19-6-4-3-5-7-19)27-25(29)12-15-28-13-10-20(11-14-28)23-17-26-24-9-8-21(30-2)16-22(23)24/h3-9,16-18,20,26H,10-15H2,1-2H3,(H,27,29). The predicted octanol–water partition coefficient (Wildman–Crippen LogP) is 4.62. The van der Waals surface area contributed by atoms with Gasteiger partial charge in [-0.3, -0.25) is 4.79 Å². The summed E-state index contributed by atoms with van der Waals surface area (Å²) in [6, 6.07) is 16.4. The normalized spacial score (nSPS) is 16.5. The lowest BCUT2D eigenvalue weighted by molar-refractivity contribution is -0.122. The van der Waals surface area contributed by atoms with Gasteiger partial charge in [-0.1, -0.05) is 30.3 Å². The molecule has 1 aliphatic rings. The van der Waals surface area contributed by atoms with Crippen molar-refractivity contribution in [3.8, 4) is 5.75 Å². The topological polar surface area (TPSA) is 57.4 Å². The van der Waals surface area contributed by atoms with Crippen LogP contribution in [0, 0.1) is 0 Å². The van der Waals surface area contributed by atoms with E-state index in [2.05, 4.69) is 45.7 Å². The van der Waals surface area contributed by atoms with Crippen molar-refractivity contribution in [3.63, 3.8) is 0 Å². The van der Waals surface area contributed by atoms with Gasteiger partial charge in [0, 0.05) is 30.1 Å². The van der Waals surface area contributed by atoms with Gasteiger partial charge < -0.3 is 19.9 Å². The molecule has 1 amide bonds. The number of hydrogen-bond acceptors (Lipinski definition) is 3. The van der Waals surface area contributed by atoms with Crippen molar-refractivity contribution in [2.75, 3.05) is 26.7 Å². The second-order valence-corrected chi connectivity index (χ2v) is 8.22. The second kappa shape index (κ2) is 9.35. The lowest BCUT2D eigenvalue weighted by atomic mass is 9.89. The number of rotatable bonds is 7. The minimum absolute atomic E-state index is 0.0447.